The Balaban J connectivity index is 1.68. The van der Waals surface area contributed by atoms with Crippen LogP contribution in [0.2, 0.25) is 5.15 Å². The second-order valence-corrected chi connectivity index (χ2v) is 8.79. The molecule has 31 heavy (non-hydrogen) atoms. The minimum atomic E-state index is 0.126. The van der Waals surface area contributed by atoms with E-state index in [-0.39, 0.29) is 5.12 Å². The minimum Gasteiger partial charge on any atom is -0.493 e. The molecule has 4 rings (SSSR count). The number of aromatic nitrogens is 1. The summed E-state index contributed by atoms with van der Waals surface area (Å²) in [6.45, 7) is 0. The van der Waals surface area contributed by atoms with Gasteiger partial charge in [0.1, 0.15) is 5.15 Å². The summed E-state index contributed by atoms with van der Waals surface area (Å²) in [4.78, 5) is 16.7. The average molecular weight is 456 g/mol. The second kappa shape index (κ2) is 9.20. The molecule has 0 N–H and O–H groups in total. The van der Waals surface area contributed by atoms with Crippen LogP contribution in [0.1, 0.15) is 23.2 Å². The average Bonchev–Trinajstić information content (AvgIpc) is 3.62. The van der Waals surface area contributed by atoms with Crippen molar-refractivity contribution >= 4 is 28.5 Å². The van der Waals surface area contributed by atoms with Crippen molar-refractivity contribution in [3.63, 3.8) is 0 Å². The normalized spacial score (nSPS) is 13.0. The number of ether oxygens (including phenoxy) is 3. The van der Waals surface area contributed by atoms with E-state index < -0.39 is 0 Å². The summed E-state index contributed by atoms with van der Waals surface area (Å²) in [5.74, 6) is 1.59. The monoisotopic (exact) mass is 455 g/mol. The minimum absolute atomic E-state index is 0.126. The summed E-state index contributed by atoms with van der Waals surface area (Å²) in [6, 6.07) is 13.2. The van der Waals surface area contributed by atoms with Gasteiger partial charge in [0.05, 0.1) is 21.3 Å². The molecule has 5 nitrogen and oxygen atoms in total. The van der Waals surface area contributed by atoms with Crippen LogP contribution >= 0.6 is 23.4 Å². The first-order valence-electron chi connectivity index (χ1n) is 9.81. The first-order valence-corrected chi connectivity index (χ1v) is 11.1. The summed E-state index contributed by atoms with van der Waals surface area (Å²) in [5.41, 5.74) is 4.09. The van der Waals surface area contributed by atoms with Crippen molar-refractivity contribution < 1.29 is 19.0 Å². The van der Waals surface area contributed by atoms with Gasteiger partial charge in [0.25, 0.3) is 0 Å². The van der Waals surface area contributed by atoms with E-state index in [1.54, 1.807) is 27.5 Å². The van der Waals surface area contributed by atoms with Gasteiger partial charge >= 0.3 is 0 Å². The van der Waals surface area contributed by atoms with Crippen LogP contribution < -0.4 is 14.2 Å². The zero-order valence-electron chi connectivity index (χ0n) is 17.5. The molecule has 0 aliphatic heterocycles. The van der Waals surface area contributed by atoms with Gasteiger partial charge in [-0.2, -0.15) is 0 Å². The van der Waals surface area contributed by atoms with Crippen LogP contribution in [-0.2, 0) is 0 Å². The summed E-state index contributed by atoms with van der Waals surface area (Å²) in [6.07, 6.45) is 3.99. The van der Waals surface area contributed by atoms with Gasteiger partial charge in [-0.15, -0.1) is 0 Å². The highest BCUT2D eigenvalue weighted by Gasteiger charge is 2.26. The van der Waals surface area contributed by atoms with E-state index in [0.29, 0.717) is 33.2 Å². The summed E-state index contributed by atoms with van der Waals surface area (Å²) in [5, 5.41) is 0.987. The Morgan fingerprint density at radius 1 is 0.935 bits per heavy atom. The van der Waals surface area contributed by atoms with Crippen LogP contribution in [0.3, 0.4) is 0 Å². The van der Waals surface area contributed by atoms with E-state index in [2.05, 4.69) is 4.98 Å². The molecule has 1 aliphatic rings. The Kier molecular flexibility index (Phi) is 6.39. The Morgan fingerprint density at radius 2 is 1.58 bits per heavy atom. The van der Waals surface area contributed by atoms with E-state index in [1.165, 1.54) is 11.8 Å². The first kappa shape index (κ1) is 21.5. The van der Waals surface area contributed by atoms with Gasteiger partial charge in [0.15, 0.2) is 11.5 Å². The van der Waals surface area contributed by atoms with E-state index in [4.69, 9.17) is 25.8 Å². The van der Waals surface area contributed by atoms with E-state index >= 15 is 0 Å². The molecule has 0 unspecified atom stereocenters. The Bertz CT molecular complexity index is 1090. The number of benzene rings is 2. The molecule has 2 aromatic carbocycles. The van der Waals surface area contributed by atoms with E-state index in [1.807, 2.05) is 42.5 Å². The number of hydrogen-bond acceptors (Lipinski definition) is 6. The molecule has 1 heterocycles. The quantitative estimate of drug-likeness (QED) is 0.399. The molecule has 0 atom stereocenters. The van der Waals surface area contributed by atoms with Gasteiger partial charge < -0.3 is 14.2 Å². The van der Waals surface area contributed by atoms with Crippen molar-refractivity contribution in [2.45, 2.75) is 18.1 Å². The number of hydrogen-bond donors (Lipinski definition) is 0. The lowest BCUT2D eigenvalue weighted by molar-refractivity contribution is 0.108. The van der Waals surface area contributed by atoms with Crippen LogP contribution in [0.15, 0.2) is 48.7 Å². The van der Waals surface area contributed by atoms with Crippen LogP contribution in [-0.4, -0.2) is 36.7 Å². The molecule has 1 aliphatic carbocycles. The number of carbonyl (C=O) groups is 1. The summed E-state index contributed by atoms with van der Waals surface area (Å²) in [7, 11) is 4.70. The number of halogens is 1. The van der Waals surface area contributed by atoms with Crippen LogP contribution in [0.4, 0.5) is 0 Å². The van der Waals surface area contributed by atoms with Crippen molar-refractivity contribution in [3.8, 4) is 39.5 Å². The maximum absolute atomic E-state index is 12.3. The van der Waals surface area contributed by atoms with Crippen LogP contribution in [0.25, 0.3) is 22.3 Å². The third-order valence-electron chi connectivity index (χ3n) is 5.07. The van der Waals surface area contributed by atoms with Crippen molar-refractivity contribution in [2.24, 2.45) is 0 Å². The first-order chi connectivity index (χ1) is 15.0. The van der Waals surface area contributed by atoms with Gasteiger partial charge in [-0.25, -0.2) is 4.98 Å². The van der Waals surface area contributed by atoms with Gasteiger partial charge in [-0.3, -0.25) is 4.79 Å². The number of pyridine rings is 1. The van der Waals surface area contributed by atoms with Gasteiger partial charge in [0, 0.05) is 28.1 Å². The number of rotatable bonds is 7. The zero-order valence-corrected chi connectivity index (χ0v) is 19.0. The van der Waals surface area contributed by atoms with Crippen LogP contribution in [0.5, 0.6) is 17.2 Å². The van der Waals surface area contributed by atoms with Gasteiger partial charge in [-0.05, 0) is 54.3 Å². The molecule has 1 aromatic heterocycles. The van der Waals surface area contributed by atoms with Gasteiger partial charge in [-0.1, -0.05) is 35.5 Å². The molecule has 7 heteroatoms. The molecule has 1 saturated carbocycles. The molecule has 0 bridgehead atoms. The zero-order chi connectivity index (χ0) is 22.0. The van der Waals surface area contributed by atoms with Crippen LogP contribution in [0, 0.1) is 0 Å². The lowest BCUT2D eigenvalue weighted by atomic mass is 10.0. The van der Waals surface area contributed by atoms with E-state index in [0.717, 1.165) is 35.1 Å². The van der Waals surface area contributed by atoms with Crippen molar-refractivity contribution in [1.82, 2.24) is 4.98 Å². The lowest BCUT2D eigenvalue weighted by Crippen LogP contribution is -1.96. The summed E-state index contributed by atoms with van der Waals surface area (Å²) >= 11 is 7.86. The summed E-state index contributed by atoms with van der Waals surface area (Å²) < 4.78 is 16.3. The number of methoxy groups -OCH3 is 3. The predicted molar refractivity (Wildman–Crippen MR) is 125 cm³/mol. The Morgan fingerprint density at radius 3 is 2.13 bits per heavy atom. The Labute approximate surface area is 190 Å². The molecule has 1 fully saturated rings. The Hall–Kier alpha value is -2.70. The molecule has 0 amide bonds. The number of thioether (sulfide) groups is 1. The number of carbonyl (C=O) groups excluding carboxylic acids is 1. The SMILES string of the molecule is COc1cc(-c2cc(-c3ccc(C(=O)SC4CC4)cc3)cnc2Cl)cc(OC)c1OC. The maximum Gasteiger partial charge on any atom is 0.219 e. The van der Waals surface area contributed by atoms with Gasteiger partial charge in [0.2, 0.25) is 10.9 Å². The highest BCUT2D eigenvalue weighted by molar-refractivity contribution is 8.14. The third kappa shape index (κ3) is 4.65. The third-order valence-corrected chi connectivity index (χ3v) is 6.62. The molecular formula is C24H22ClNO4S. The fourth-order valence-electron chi connectivity index (χ4n) is 3.25. The standard InChI is InChI=1S/C24H22ClNO4S/c1-28-20-11-16(12-21(29-2)22(20)30-3)19-10-17(13-26-23(19)25)14-4-6-15(7-5-14)24(27)31-18-8-9-18/h4-7,10-13,18H,8-9H2,1-3H3. The predicted octanol–water partition coefficient (Wildman–Crippen LogP) is 6.13. The van der Waals surface area contributed by atoms with Crippen molar-refractivity contribution in [2.75, 3.05) is 21.3 Å². The lowest BCUT2D eigenvalue weighted by Gasteiger charge is -2.15. The smallest absolute Gasteiger partial charge is 0.219 e. The molecule has 0 saturated heterocycles. The fraction of sp³-hybridized carbons (Fsp3) is 0.250. The number of nitrogens with zero attached hydrogens (tertiary/aromatic N) is 1. The van der Waals surface area contributed by atoms with Crippen molar-refractivity contribution in [1.29, 1.82) is 0 Å². The maximum atomic E-state index is 12.3. The highest BCUT2D eigenvalue weighted by Crippen LogP contribution is 2.43. The molecule has 3 aromatic rings. The van der Waals surface area contributed by atoms with E-state index in [9.17, 15) is 4.79 Å². The highest BCUT2D eigenvalue weighted by atomic mass is 35.5. The molecular weight excluding hydrogens is 434 g/mol. The fourth-order valence-corrected chi connectivity index (χ4v) is 4.41. The topological polar surface area (TPSA) is 57.7 Å². The van der Waals surface area contributed by atoms with Crippen molar-refractivity contribution in [3.05, 3.63) is 59.4 Å². The largest absolute Gasteiger partial charge is 0.493 e. The molecule has 0 radical (unpaired) electrons. The molecule has 160 valence electrons. The molecule has 0 spiro atoms. The second-order valence-electron chi connectivity index (χ2n) is 7.16.